The molecule has 2 heterocycles. The Morgan fingerprint density at radius 3 is 1.32 bits per heavy atom. The highest BCUT2D eigenvalue weighted by Gasteiger charge is 2.41. The first kappa shape index (κ1) is 44.2. The van der Waals surface area contributed by atoms with Crippen molar-refractivity contribution in [3.05, 3.63) is 303 Å². The van der Waals surface area contributed by atoms with Crippen molar-refractivity contribution in [2.45, 2.75) is 0 Å². The van der Waals surface area contributed by atoms with E-state index in [1.165, 1.54) is 92.3 Å². The first-order chi connectivity index (χ1) is 37.2. The molecule has 0 saturated carbocycles. The Balaban J connectivity index is 1.07. The molecular weight excluding hydrogens is 921 g/mol. The minimum absolute atomic E-state index is 1.12. The maximum Gasteiger partial charge on any atom is 0.179 e. The van der Waals surface area contributed by atoms with Gasteiger partial charge in [-0.15, -0.1) is 0 Å². The summed E-state index contributed by atoms with van der Waals surface area (Å²) in [5.41, 5.74) is 16.4. The quantitative estimate of drug-likeness (QED) is 0.0955. The summed E-state index contributed by atoms with van der Waals surface area (Å²) < 4.78 is 5.08. The van der Waals surface area contributed by atoms with Crippen LogP contribution in [0.15, 0.2) is 303 Å². The molecule has 14 aromatic rings. The van der Waals surface area contributed by atoms with Gasteiger partial charge in [-0.25, -0.2) is 0 Å². The second kappa shape index (κ2) is 18.5. The van der Waals surface area contributed by atoms with Gasteiger partial charge in [-0.1, -0.05) is 261 Å². The molecule has 0 fully saturated rings. The molecule has 0 aliphatic carbocycles. The van der Waals surface area contributed by atoms with Crippen LogP contribution in [0, 0.1) is 0 Å². The number of nitrogens with zero attached hydrogens (tertiary/aromatic N) is 2. The van der Waals surface area contributed by atoms with Gasteiger partial charge in [-0.2, -0.15) is 0 Å². The summed E-state index contributed by atoms with van der Waals surface area (Å²) in [4.78, 5) is 0. The molecule has 0 aliphatic heterocycles. The van der Waals surface area contributed by atoms with Crippen molar-refractivity contribution in [1.82, 2.24) is 9.13 Å². The summed E-state index contributed by atoms with van der Waals surface area (Å²) in [6.07, 6.45) is 0. The standard InChI is InChI=1S/C72H50N2Si/c1-7-24-51(25-8-1)54-30-21-31-55(48-54)63-41-22-40-62(53-28-11-3-12-29-53)72(63)74-68-47-44-56(49-66(68)71-61(39-23-43-69(71)74)52-26-9-2-10-27-52)73-67-42-20-19-38-64(67)65-46-45-60(50-70(65)73)75(57-32-13-4-14-33-57,58-34-15-5-16-35-58)59-36-17-6-18-37-59/h1-50H. The van der Waals surface area contributed by atoms with E-state index in [1.54, 1.807) is 0 Å². The van der Waals surface area contributed by atoms with E-state index in [1.807, 2.05) is 0 Å². The molecule has 0 radical (unpaired) electrons. The Bertz CT molecular complexity index is 4280. The van der Waals surface area contributed by atoms with Crippen molar-refractivity contribution in [3.63, 3.8) is 0 Å². The van der Waals surface area contributed by atoms with Gasteiger partial charge >= 0.3 is 0 Å². The van der Waals surface area contributed by atoms with Crippen molar-refractivity contribution in [3.8, 4) is 55.9 Å². The number of hydrogen-bond donors (Lipinski definition) is 0. The van der Waals surface area contributed by atoms with Gasteiger partial charge in [-0.3, -0.25) is 0 Å². The number of hydrogen-bond acceptors (Lipinski definition) is 0. The van der Waals surface area contributed by atoms with Crippen LogP contribution in [0.2, 0.25) is 0 Å². The van der Waals surface area contributed by atoms with Gasteiger partial charge in [0.15, 0.2) is 8.07 Å². The lowest BCUT2D eigenvalue weighted by atomic mass is 9.93. The van der Waals surface area contributed by atoms with E-state index < -0.39 is 8.07 Å². The minimum Gasteiger partial charge on any atom is -0.309 e. The van der Waals surface area contributed by atoms with E-state index >= 15 is 0 Å². The van der Waals surface area contributed by atoms with Crippen molar-refractivity contribution in [2.75, 3.05) is 0 Å². The number of aromatic nitrogens is 2. The third-order valence-corrected chi connectivity index (χ3v) is 20.2. The Kier molecular flexibility index (Phi) is 10.9. The average molecular weight is 971 g/mol. The van der Waals surface area contributed by atoms with E-state index in [2.05, 4.69) is 312 Å². The van der Waals surface area contributed by atoms with Crippen LogP contribution in [-0.4, -0.2) is 17.2 Å². The Labute approximate surface area is 438 Å². The molecule has 2 nitrogen and oxygen atoms in total. The topological polar surface area (TPSA) is 9.86 Å². The van der Waals surface area contributed by atoms with Crippen molar-refractivity contribution >= 4 is 72.4 Å². The molecule has 3 heteroatoms. The lowest BCUT2D eigenvalue weighted by Crippen LogP contribution is -2.74. The Hall–Kier alpha value is -9.54. The fourth-order valence-corrected chi connectivity index (χ4v) is 17.0. The predicted molar refractivity (Wildman–Crippen MR) is 320 cm³/mol. The van der Waals surface area contributed by atoms with E-state index in [0.29, 0.717) is 0 Å². The van der Waals surface area contributed by atoms with Gasteiger partial charge in [0.2, 0.25) is 0 Å². The van der Waals surface area contributed by atoms with Crippen LogP contribution in [-0.2, 0) is 0 Å². The number of para-hydroxylation sites is 2. The first-order valence-electron chi connectivity index (χ1n) is 25.9. The van der Waals surface area contributed by atoms with Crippen molar-refractivity contribution in [1.29, 1.82) is 0 Å². The average Bonchev–Trinajstić information content (AvgIpc) is 4.03. The summed E-state index contributed by atoms with van der Waals surface area (Å²) in [6.45, 7) is 0. The molecule has 0 bridgehead atoms. The number of fused-ring (bicyclic) bond motifs is 6. The summed E-state index contributed by atoms with van der Waals surface area (Å²) in [6, 6.07) is 112. The lowest BCUT2D eigenvalue weighted by molar-refractivity contribution is 1.17. The molecule has 14 rings (SSSR count). The van der Waals surface area contributed by atoms with Crippen LogP contribution in [0.5, 0.6) is 0 Å². The summed E-state index contributed by atoms with van der Waals surface area (Å²) in [5.74, 6) is 0. The van der Waals surface area contributed by atoms with E-state index in [0.717, 1.165) is 28.0 Å². The van der Waals surface area contributed by atoms with Crippen LogP contribution >= 0.6 is 0 Å². The van der Waals surface area contributed by atoms with Crippen LogP contribution in [0.1, 0.15) is 0 Å². The van der Waals surface area contributed by atoms with Gasteiger partial charge in [0.1, 0.15) is 0 Å². The summed E-state index contributed by atoms with van der Waals surface area (Å²) >= 11 is 0. The Morgan fingerprint density at radius 2 is 0.680 bits per heavy atom. The zero-order valence-electron chi connectivity index (χ0n) is 41.3. The molecule has 0 unspecified atom stereocenters. The third kappa shape index (κ3) is 7.31. The smallest absolute Gasteiger partial charge is 0.179 e. The molecule has 0 aliphatic rings. The van der Waals surface area contributed by atoms with Gasteiger partial charge in [-0.05, 0) is 96.6 Å². The minimum atomic E-state index is -2.86. The van der Waals surface area contributed by atoms with Crippen LogP contribution in [0.4, 0.5) is 0 Å². The molecule has 352 valence electrons. The first-order valence-corrected chi connectivity index (χ1v) is 27.9. The van der Waals surface area contributed by atoms with Crippen molar-refractivity contribution < 1.29 is 0 Å². The predicted octanol–water partition coefficient (Wildman–Crippen LogP) is 15.9. The molecule has 0 atom stereocenters. The third-order valence-electron chi connectivity index (χ3n) is 15.5. The van der Waals surface area contributed by atoms with E-state index in [4.69, 9.17) is 0 Å². The fraction of sp³-hybridized carbons (Fsp3) is 0. The van der Waals surface area contributed by atoms with Gasteiger partial charge < -0.3 is 9.13 Å². The fourth-order valence-electron chi connectivity index (χ4n) is 12.2. The van der Waals surface area contributed by atoms with Gasteiger partial charge in [0.05, 0.1) is 27.8 Å². The number of benzene rings is 12. The summed E-state index contributed by atoms with van der Waals surface area (Å²) in [5, 5.41) is 10.3. The Morgan fingerprint density at radius 1 is 0.227 bits per heavy atom. The molecule has 0 saturated heterocycles. The zero-order chi connectivity index (χ0) is 49.7. The van der Waals surface area contributed by atoms with Gasteiger partial charge in [0, 0.05) is 38.4 Å². The maximum atomic E-state index is 2.55. The molecule has 2 aromatic heterocycles. The highest BCUT2D eigenvalue weighted by molar-refractivity contribution is 7.20. The van der Waals surface area contributed by atoms with Crippen LogP contribution < -0.4 is 20.7 Å². The highest BCUT2D eigenvalue weighted by atomic mass is 28.3. The molecular formula is C72H50N2Si. The van der Waals surface area contributed by atoms with E-state index in [-0.39, 0.29) is 0 Å². The van der Waals surface area contributed by atoms with Crippen LogP contribution in [0.25, 0.3) is 99.5 Å². The van der Waals surface area contributed by atoms with E-state index in [9.17, 15) is 0 Å². The zero-order valence-corrected chi connectivity index (χ0v) is 42.3. The second-order valence-corrected chi connectivity index (χ2v) is 23.4. The van der Waals surface area contributed by atoms with Gasteiger partial charge in [0.25, 0.3) is 0 Å². The largest absolute Gasteiger partial charge is 0.309 e. The van der Waals surface area contributed by atoms with Crippen LogP contribution in [0.3, 0.4) is 0 Å². The molecule has 12 aromatic carbocycles. The normalized spacial score (nSPS) is 11.7. The molecule has 0 amide bonds. The monoisotopic (exact) mass is 970 g/mol. The molecule has 0 N–H and O–H groups in total. The molecule has 0 spiro atoms. The maximum absolute atomic E-state index is 2.86. The van der Waals surface area contributed by atoms with Crippen molar-refractivity contribution in [2.24, 2.45) is 0 Å². The molecule has 75 heavy (non-hydrogen) atoms. The lowest BCUT2D eigenvalue weighted by Gasteiger charge is -2.34. The summed E-state index contributed by atoms with van der Waals surface area (Å²) in [7, 11) is -2.86. The number of rotatable bonds is 10. The highest BCUT2D eigenvalue weighted by Crippen LogP contribution is 2.45. The second-order valence-electron chi connectivity index (χ2n) is 19.5. The SMILES string of the molecule is c1ccc(-c2cccc(-c3cccc(-c4ccccc4)c3-n3c4ccc(-n5c6ccccc6c6ccc([Si](c7ccccc7)(c7ccccc7)c7ccccc7)cc65)cc4c4c(-c5ccccc5)cccc43)c2)cc1.